The minimum atomic E-state index is -0.659. The highest BCUT2D eigenvalue weighted by molar-refractivity contribution is 7.98. The van der Waals surface area contributed by atoms with E-state index in [4.69, 9.17) is 26.1 Å². The molecule has 2 saturated heterocycles. The molecule has 5 heterocycles. The quantitative estimate of drug-likeness (QED) is 0.315. The van der Waals surface area contributed by atoms with E-state index in [-0.39, 0.29) is 52.7 Å². The number of ether oxygens (including phenoxy) is 2. The number of amides is 1. The van der Waals surface area contributed by atoms with Gasteiger partial charge in [0.1, 0.15) is 17.2 Å². The highest BCUT2D eigenvalue weighted by Crippen LogP contribution is 2.52. The Kier molecular flexibility index (Phi) is 5.20. The average Bonchev–Trinajstić information content (AvgIpc) is 2.96. The van der Waals surface area contributed by atoms with Crippen LogP contribution >= 0.6 is 23.4 Å². The third-order valence-electron chi connectivity index (χ3n) is 6.68. The summed E-state index contributed by atoms with van der Waals surface area (Å²) in [5.74, 6) is -0.449. The van der Waals surface area contributed by atoms with Crippen molar-refractivity contribution >= 4 is 40.4 Å². The van der Waals surface area contributed by atoms with Gasteiger partial charge in [-0.1, -0.05) is 23.4 Å². The van der Waals surface area contributed by atoms with Gasteiger partial charge in [-0.3, -0.25) is 0 Å². The third-order valence-corrected chi connectivity index (χ3v) is 7.48. The smallest absolute Gasteiger partial charge is 0.410 e. The summed E-state index contributed by atoms with van der Waals surface area (Å²) >= 11 is 7.44. The van der Waals surface area contributed by atoms with Crippen LogP contribution in [0.25, 0.3) is 10.9 Å². The van der Waals surface area contributed by atoms with Gasteiger partial charge in [-0.05, 0) is 53.2 Å². The number of fused-ring (bicyclic) bond motifs is 5. The standard InChI is InChI=1S/C22H26ClFN4O3S/c1-9-13-11(8-10-6-7-12(13)28(10)21(29)31-22(2,3)4)16-14-17(26-20(25-16)32-5)15(24)18(23)27-19(14)30-9/h9-13H,6-8H2,1-5H3/t9-,10+,11?,12-,13-/m0/s1. The molecule has 0 N–H and O–H groups in total. The van der Waals surface area contributed by atoms with Gasteiger partial charge >= 0.3 is 6.09 Å². The van der Waals surface area contributed by atoms with E-state index < -0.39 is 11.4 Å². The minimum absolute atomic E-state index is 0.0128. The Bertz CT molecular complexity index is 1110. The molecule has 5 rings (SSSR count). The highest BCUT2D eigenvalue weighted by atomic mass is 35.5. The lowest BCUT2D eigenvalue weighted by atomic mass is 9.75. The van der Waals surface area contributed by atoms with Crippen molar-refractivity contribution in [2.45, 2.75) is 81.8 Å². The summed E-state index contributed by atoms with van der Waals surface area (Å²) in [6.45, 7) is 7.60. The fourth-order valence-electron chi connectivity index (χ4n) is 5.59. The Hall–Kier alpha value is -1.87. The van der Waals surface area contributed by atoms with Gasteiger partial charge in [0.05, 0.1) is 11.1 Å². The van der Waals surface area contributed by atoms with E-state index in [2.05, 4.69) is 9.97 Å². The van der Waals surface area contributed by atoms with Crippen LogP contribution in [-0.2, 0) is 4.74 Å². The Morgan fingerprint density at radius 2 is 2.03 bits per heavy atom. The molecular weight excluding hydrogens is 455 g/mol. The van der Waals surface area contributed by atoms with Crippen LogP contribution in [0.15, 0.2) is 5.16 Å². The van der Waals surface area contributed by atoms with Crippen molar-refractivity contribution in [3.8, 4) is 5.88 Å². The summed E-state index contributed by atoms with van der Waals surface area (Å²) in [5, 5.41) is 0.710. The van der Waals surface area contributed by atoms with E-state index in [1.807, 2.05) is 38.9 Å². The molecule has 5 atom stereocenters. The van der Waals surface area contributed by atoms with Crippen molar-refractivity contribution in [2.75, 3.05) is 6.26 Å². The molecule has 3 aliphatic heterocycles. The molecule has 2 fully saturated rings. The van der Waals surface area contributed by atoms with E-state index in [1.165, 1.54) is 11.8 Å². The van der Waals surface area contributed by atoms with Crippen molar-refractivity contribution in [3.05, 3.63) is 16.7 Å². The van der Waals surface area contributed by atoms with Crippen LogP contribution in [0.1, 0.15) is 58.6 Å². The molecule has 0 aliphatic carbocycles. The first-order valence-corrected chi connectivity index (χ1v) is 12.5. The molecule has 1 amide bonds. The maximum atomic E-state index is 15.0. The number of hydrogen-bond donors (Lipinski definition) is 0. The average molecular weight is 481 g/mol. The number of thioether (sulfide) groups is 1. The van der Waals surface area contributed by atoms with E-state index in [9.17, 15) is 9.18 Å². The van der Waals surface area contributed by atoms with Crippen molar-refractivity contribution in [1.29, 1.82) is 0 Å². The fraction of sp³-hybridized carbons (Fsp3) is 0.636. The molecule has 0 saturated carbocycles. The largest absolute Gasteiger partial charge is 0.474 e. The maximum absolute atomic E-state index is 15.0. The number of nitrogens with zero attached hydrogens (tertiary/aromatic N) is 4. The molecule has 3 aliphatic rings. The van der Waals surface area contributed by atoms with Gasteiger partial charge in [0.2, 0.25) is 5.88 Å². The second kappa shape index (κ2) is 7.58. The number of halogens is 2. The molecule has 10 heteroatoms. The van der Waals surface area contributed by atoms with Crippen LogP contribution in [0.4, 0.5) is 9.18 Å². The Morgan fingerprint density at radius 3 is 2.72 bits per heavy atom. The lowest BCUT2D eigenvalue weighted by molar-refractivity contribution is -0.0213. The van der Waals surface area contributed by atoms with Crippen LogP contribution in [0, 0.1) is 11.7 Å². The minimum Gasteiger partial charge on any atom is -0.474 e. The van der Waals surface area contributed by atoms with Gasteiger partial charge in [-0.25, -0.2) is 19.2 Å². The topological polar surface area (TPSA) is 77.4 Å². The van der Waals surface area contributed by atoms with Crippen LogP contribution in [0.2, 0.25) is 5.15 Å². The van der Waals surface area contributed by atoms with E-state index in [1.54, 1.807) is 0 Å². The first kappa shape index (κ1) is 21.9. The van der Waals surface area contributed by atoms with Gasteiger partial charge in [0, 0.05) is 23.9 Å². The number of carbonyl (C=O) groups is 1. The Morgan fingerprint density at radius 1 is 1.28 bits per heavy atom. The summed E-state index contributed by atoms with van der Waals surface area (Å²) in [6, 6.07) is -0.0151. The lowest BCUT2D eigenvalue weighted by Crippen LogP contribution is -2.55. The summed E-state index contributed by atoms with van der Waals surface area (Å²) in [6.07, 6.45) is 3.75. The predicted octanol–water partition coefficient (Wildman–Crippen LogP) is 5.19. The second-order valence-corrected chi connectivity index (χ2v) is 10.9. The zero-order valence-corrected chi connectivity index (χ0v) is 20.3. The number of aromatic nitrogens is 3. The highest BCUT2D eigenvalue weighted by Gasteiger charge is 2.54. The number of piperidine rings is 1. The van der Waals surface area contributed by atoms with Gasteiger partial charge in [-0.15, -0.1) is 0 Å². The van der Waals surface area contributed by atoms with Gasteiger partial charge in [-0.2, -0.15) is 4.98 Å². The van der Waals surface area contributed by atoms with Crippen molar-refractivity contribution in [3.63, 3.8) is 0 Å². The Labute approximate surface area is 195 Å². The molecule has 0 spiro atoms. The summed E-state index contributed by atoms with van der Waals surface area (Å²) in [4.78, 5) is 28.4. The van der Waals surface area contributed by atoms with Crippen molar-refractivity contribution in [2.24, 2.45) is 5.92 Å². The molecule has 32 heavy (non-hydrogen) atoms. The SMILES string of the molecule is CSc1nc2c3c(nc(Cl)c(F)c3n1)O[C@@H](C)[C@H]1C2C[C@H]2CC[C@@H]1N2C(=O)OC(C)(C)C. The number of carbonyl (C=O) groups excluding carboxylic acids is 1. The molecule has 0 aromatic carbocycles. The van der Waals surface area contributed by atoms with E-state index in [0.717, 1.165) is 18.5 Å². The van der Waals surface area contributed by atoms with Crippen LogP contribution < -0.4 is 4.74 Å². The zero-order valence-electron chi connectivity index (χ0n) is 18.7. The molecule has 2 aromatic heterocycles. The molecule has 2 aromatic rings. The van der Waals surface area contributed by atoms with E-state index >= 15 is 0 Å². The maximum Gasteiger partial charge on any atom is 0.410 e. The molecule has 7 nitrogen and oxygen atoms in total. The molecule has 2 bridgehead atoms. The Balaban J connectivity index is 1.64. The fourth-order valence-corrected chi connectivity index (χ4v) is 6.13. The number of rotatable bonds is 1. The molecule has 172 valence electrons. The molecular formula is C22H26ClFN4O3S. The number of pyridine rings is 1. The second-order valence-electron chi connectivity index (χ2n) is 9.77. The van der Waals surface area contributed by atoms with Gasteiger partial charge in [0.15, 0.2) is 16.1 Å². The van der Waals surface area contributed by atoms with Gasteiger partial charge < -0.3 is 14.4 Å². The molecule has 0 radical (unpaired) electrons. The first-order chi connectivity index (χ1) is 15.1. The first-order valence-electron chi connectivity index (χ1n) is 10.9. The normalized spacial score (nSPS) is 28.8. The van der Waals surface area contributed by atoms with Crippen LogP contribution in [-0.4, -0.2) is 56.0 Å². The van der Waals surface area contributed by atoms with Crippen molar-refractivity contribution < 1.29 is 18.7 Å². The van der Waals surface area contributed by atoms with Crippen LogP contribution in [0.5, 0.6) is 5.88 Å². The van der Waals surface area contributed by atoms with E-state index in [0.29, 0.717) is 17.0 Å². The zero-order chi connectivity index (χ0) is 22.9. The van der Waals surface area contributed by atoms with Gasteiger partial charge in [0.25, 0.3) is 0 Å². The third kappa shape index (κ3) is 3.39. The number of hydrogen-bond acceptors (Lipinski definition) is 7. The summed E-state index contributed by atoms with van der Waals surface area (Å²) in [5.41, 5.74) is 0.316. The lowest BCUT2D eigenvalue weighted by Gasteiger charge is -2.45. The summed E-state index contributed by atoms with van der Waals surface area (Å²) in [7, 11) is 0. The predicted molar refractivity (Wildman–Crippen MR) is 120 cm³/mol. The van der Waals surface area contributed by atoms with Crippen molar-refractivity contribution in [1.82, 2.24) is 19.9 Å². The summed E-state index contributed by atoms with van der Waals surface area (Å²) < 4.78 is 27.0. The monoisotopic (exact) mass is 480 g/mol. The van der Waals surface area contributed by atoms with Crippen LogP contribution in [0.3, 0.4) is 0 Å². The molecule has 1 unspecified atom stereocenters.